The van der Waals surface area contributed by atoms with E-state index in [1.165, 1.54) is 14.2 Å². The van der Waals surface area contributed by atoms with Gasteiger partial charge < -0.3 is 44.1 Å². The lowest BCUT2D eigenvalue weighted by Crippen LogP contribution is -2.14. The van der Waals surface area contributed by atoms with Crippen molar-refractivity contribution in [2.45, 2.75) is 18.8 Å². The van der Waals surface area contributed by atoms with Crippen LogP contribution in [0.3, 0.4) is 0 Å². The summed E-state index contributed by atoms with van der Waals surface area (Å²) in [6.07, 6.45) is 0.348. The number of pyridine rings is 2. The van der Waals surface area contributed by atoms with E-state index < -0.39 is 0 Å². The fourth-order valence-electron chi connectivity index (χ4n) is 9.95. The lowest BCUT2D eigenvalue weighted by atomic mass is 9.86. The fourth-order valence-corrected chi connectivity index (χ4v) is 9.95. The average molecular weight is 1160 g/mol. The predicted octanol–water partition coefficient (Wildman–Crippen LogP) is 16.3. The quantitative estimate of drug-likeness (QED) is 0.0595. The molecule has 87 heavy (non-hydrogen) atoms. The molecule has 2 heterocycles. The normalized spacial score (nSPS) is 10.6. The van der Waals surface area contributed by atoms with Gasteiger partial charge in [-0.3, -0.25) is 9.59 Å². The molecule has 0 saturated carbocycles. The summed E-state index contributed by atoms with van der Waals surface area (Å²) >= 11 is 0. The van der Waals surface area contributed by atoms with Crippen molar-refractivity contribution in [1.82, 2.24) is 9.97 Å². The Morgan fingerprint density at radius 1 is 0.345 bits per heavy atom. The standard InChI is InChI=1S/C26H26O5.C25H21NO3.C23H17NO3/c1-29-20-14-12-18(13-15-20)19(16-23(27)21-8-4-6-10-25(21)30-2)17-24(28)22-9-5-7-11-26(22)31-3;1-28-24-9-5-3-7-20(24)22-15-18(17-11-13-19(27)14-12-17)16-23(26-22)21-8-4-6-10-25(21)29-2;25-17-11-9-15(10-12-17)16-13-20(18-5-1-3-7-22(18)26)24-21(14-16)19-6-2-4-8-23(19)27/h4-15,19H,16-17H2,1-3H3;3-16,27H,1-2H3;1-14,25-27H. The first kappa shape index (κ1) is 60.4. The van der Waals surface area contributed by atoms with Crippen LogP contribution in [-0.4, -0.2) is 77.5 Å². The second-order valence-electron chi connectivity index (χ2n) is 19.9. The number of hydrogen-bond donors (Lipinski definition) is 4. The molecule has 11 aromatic rings. The van der Waals surface area contributed by atoms with E-state index in [2.05, 4.69) is 4.98 Å². The summed E-state index contributed by atoms with van der Waals surface area (Å²) in [4.78, 5) is 35.9. The number of ether oxygens (including phenoxy) is 5. The average Bonchev–Trinajstić information content (AvgIpc) is 3.76. The zero-order valence-corrected chi connectivity index (χ0v) is 48.6. The third-order valence-corrected chi connectivity index (χ3v) is 14.4. The molecule has 0 radical (unpaired) electrons. The van der Waals surface area contributed by atoms with E-state index in [1.807, 2.05) is 146 Å². The maximum Gasteiger partial charge on any atom is 0.167 e. The predicted molar refractivity (Wildman–Crippen MR) is 340 cm³/mol. The van der Waals surface area contributed by atoms with E-state index in [0.29, 0.717) is 45.1 Å². The first-order valence-electron chi connectivity index (χ1n) is 27.8. The van der Waals surface area contributed by atoms with Crippen LogP contribution >= 0.6 is 0 Å². The SMILES string of the molecule is COc1ccc(C(CC(=O)c2ccccc2OC)CC(=O)c2ccccc2OC)cc1.COc1ccccc1-c1cc(-c2ccc(O)cc2)cc(-c2ccccc2OC)n1.Oc1ccc(-c2cc(-c3ccccc3O)nc(-c3ccccc3O)c2)cc1. The number of methoxy groups -OCH3 is 5. The molecule has 0 fully saturated rings. The van der Waals surface area contributed by atoms with Gasteiger partial charge in [-0.25, -0.2) is 9.97 Å². The van der Waals surface area contributed by atoms with Crippen molar-refractivity contribution in [3.63, 3.8) is 0 Å². The monoisotopic (exact) mass is 1160 g/mol. The van der Waals surface area contributed by atoms with Crippen LogP contribution in [0.5, 0.6) is 51.7 Å². The summed E-state index contributed by atoms with van der Waals surface area (Å²) in [5, 5.41) is 39.7. The molecule has 436 valence electrons. The van der Waals surface area contributed by atoms with Crippen LogP contribution in [-0.2, 0) is 0 Å². The third kappa shape index (κ3) is 15.0. The molecule has 2 aromatic heterocycles. The molecule has 0 spiro atoms. The third-order valence-electron chi connectivity index (χ3n) is 14.4. The molecule has 11 rings (SSSR count). The van der Waals surface area contributed by atoms with Crippen LogP contribution in [0.15, 0.2) is 243 Å². The van der Waals surface area contributed by atoms with Gasteiger partial charge in [0.05, 0.1) is 69.5 Å². The van der Waals surface area contributed by atoms with Crippen LogP contribution in [0.25, 0.3) is 67.3 Å². The maximum atomic E-state index is 13.1. The van der Waals surface area contributed by atoms with Gasteiger partial charge in [0.25, 0.3) is 0 Å². The molecular formula is C74H64N2O11. The number of nitrogens with zero attached hydrogens (tertiary/aromatic N) is 2. The number of benzene rings is 9. The summed E-state index contributed by atoms with van der Waals surface area (Å²) in [5.41, 5.74) is 11.5. The Kier molecular flexibility index (Phi) is 20.1. The topological polar surface area (TPSA) is 187 Å². The molecule has 0 saturated heterocycles. The van der Waals surface area contributed by atoms with Crippen molar-refractivity contribution in [2.24, 2.45) is 0 Å². The van der Waals surface area contributed by atoms with Crippen molar-refractivity contribution in [1.29, 1.82) is 0 Å². The maximum absolute atomic E-state index is 13.1. The van der Waals surface area contributed by atoms with E-state index in [1.54, 1.807) is 118 Å². The molecule has 0 aliphatic rings. The van der Waals surface area contributed by atoms with Gasteiger partial charge in [-0.05, 0) is 167 Å². The molecule has 4 N–H and O–H groups in total. The van der Waals surface area contributed by atoms with Crippen LogP contribution in [0, 0.1) is 0 Å². The number of carbonyl (C=O) groups is 2. The number of para-hydroxylation sites is 6. The highest BCUT2D eigenvalue weighted by molar-refractivity contribution is 6.02. The van der Waals surface area contributed by atoms with E-state index in [-0.39, 0.29) is 53.3 Å². The Morgan fingerprint density at radius 2 is 0.667 bits per heavy atom. The van der Waals surface area contributed by atoms with Crippen LogP contribution in [0.4, 0.5) is 0 Å². The number of ketones is 2. The van der Waals surface area contributed by atoms with Gasteiger partial charge in [0.2, 0.25) is 0 Å². The number of aromatic hydroxyl groups is 4. The lowest BCUT2D eigenvalue weighted by molar-refractivity contribution is 0.0941. The van der Waals surface area contributed by atoms with Gasteiger partial charge in [0.15, 0.2) is 11.6 Å². The summed E-state index contributed by atoms with van der Waals surface area (Å²) in [7, 11) is 7.99. The fraction of sp³-hybridized carbons (Fsp3) is 0.108. The summed E-state index contributed by atoms with van der Waals surface area (Å²) < 4.78 is 27.0. The number of rotatable bonds is 18. The number of hydrogen-bond acceptors (Lipinski definition) is 13. The highest BCUT2D eigenvalue weighted by Crippen LogP contribution is 2.39. The smallest absolute Gasteiger partial charge is 0.167 e. The molecule has 9 aromatic carbocycles. The second-order valence-corrected chi connectivity index (χ2v) is 19.9. The zero-order chi connectivity index (χ0) is 61.2. The molecule has 13 nitrogen and oxygen atoms in total. The lowest BCUT2D eigenvalue weighted by Gasteiger charge is -2.18. The minimum absolute atomic E-state index is 0.0777. The second kappa shape index (κ2) is 28.9. The van der Waals surface area contributed by atoms with Crippen molar-refractivity contribution < 1.29 is 53.7 Å². The van der Waals surface area contributed by atoms with Gasteiger partial charge in [0.1, 0.15) is 51.7 Å². The molecule has 0 aliphatic heterocycles. The molecule has 0 unspecified atom stereocenters. The number of phenols is 4. The summed E-state index contributed by atoms with van der Waals surface area (Å²) in [6.45, 7) is 0. The molecule has 0 bridgehead atoms. The Hall–Kier alpha value is -11.2. The van der Waals surface area contributed by atoms with E-state index in [4.69, 9.17) is 28.7 Å². The van der Waals surface area contributed by atoms with Crippen molar-refractivity contribution in [3.8, 4) is 119 Å². The number of carbonyl (C=O) groups excluding carboxylic acids is 2. The number of Topliss-reactive ketones (excluding diaryl/α,β-unsaturated/α-hetero) is 2. The van der Waals surface area contributed by atoms with Gasteiger partial charge in [-0.1, -0.05) is 109 Å². The molecule has 13 heteroatoms. The van der Waals surface area contributed by atoms with Gasteiger partial charge >= 0.3 is 0 Å². The van der Waals surface area contributed by atoms with E-state index in [9.17, 15) is 30.0 Å². The van der Waals surface area contributed by atoms with Crippen molar-refractivity contribution >= 4 is 11.6 Å². The highest BCUT2D eigenvalue weighted by Gasteiger charge is 2.25. The van der Waals surface area contributed by atoms with E-state index in [0.717, 1.165) is 67.6 Å². The highest BCUT2D eigenvalue weighted by atomic mass is 16.5. The molecule has 0 amide bonds. The Bertz CT molecular complexity index is 3940. The van der Waals surface area contributed by atoms with Crippen LogP contribution in [0.1, 0.15) is 45.0 Å². The molecule has 0 aliphatic carbocycles. The molecule has 0 atom stereocenters. The summed E-state index contributed by atoms with van der Waals surface area (Å²) in [6, 6.07) is 73.2. The Balaban J connectivity index is 0.000000156. The summed E-state index contributed by atoms with van der Waals surface area (Å²) in [5.74, 6) is 3.52. The van der Waals surface area contributed by atoms with Crippen LogP contribution < -0.4 is 23.7 Å². The van der Waals surface area contributed by atoms with Gasteiger partial charge in [0, 0.05) is 35.1 Å². The number of aromatic nitrogens is 2. The van der Waals surface area contributed by atoms with Gasteiger partial charge in [-0.15, -0.1) is 0 Å². The Morgan fingerprint density at radius 3 is 1.02 bits per heavy atom. The molecular weight excluding hydrogens is 1090 g/mol. The van der Waals surface area contributed by atoms with Crippen LogP contribution in [0.2, 0.25) is 0 Å². The minimum Gasteiger partial charge on any atom is -0.508 e. The number of phenolic OH excluding ortho intramolecular Hbond substituents is 4. The first-order valence-corrected chi connectivity index (χ1v) is 27.8. The largest absolute Gasteiger partial charge is 0.508 e. The van der Waals surface area contributed by atoms with E-state index >= 15 is 0 Å². The Labute approximate surface area is 505 Å². The zero-order valence-electron chi connectivity index (χ0n) is 48.6. The first-order chi connectivity index (χ1) is 42.4. The minimum atomic E-state index is -0.305. The van der Waals surface area contributed by atoms with Gasteiger partial charge in [-0.2, -0.15) is 0 Å². The van der Waals surface area contributed by atoms with Crippen molar-refractivity contribution in [2.75, 3.05) is 35.5 Å². The van der Waals surface area contributed by atoms with Crippen molar-refractivity contribution in [3.05, 3.63) is 259 Å².